The average molecular weight is 329 g/mol. The summed E-state index contributed by atoms with van der Waals surface area (Å²) in [5, 5.41) is 12.3. The molecule has 0 aliphatic heterocycles. The Morgan fingerprint density at radius 2 is 2.17 bits per heavy atom. The van der Waals surface area contributed by atoms with Crippen molar-refractivity contribution >= 4 is 45.0 Å². The van der Waals surface area contributed by atoms with Crippen molar-refractivity contribution in [2.75, 3.05) is 5.32 Å². The fourth-order valence-corrected chi connectivity index (χ4v) is 1.68. The second-order valence-electron chi connectivity index (χ2n) is 3.35. The van der Waals surface area contributed by atoms with Crippen molar-refractivity contribution in [1.82, 2.24) is 9.97 Å². The SMILES string of the molecule is O=C(O)c1cncc(Nc2ccc(Br)c(Cl)c2)n1. The summed E-state index contributed by atoms with van der Waals surface area (Å²) in [6, 6.07) is 5.25. The Hall–Kier alpha value is -1.66. The maximum absolute atomic E-state index is 10.7. The molecule has 0 amide bonds. The van der Waals surface area contributed by atoms with Crippen molar-refractivity contribution in [2.45, 2.75) is 0 Å². The van der Waals surface area contributed by atoms with Gasteiger partial charge >= 0.3 is 5.97 Å². The number of aromatic nitrogens is 2. The first-order valence-electron chi connectivity index (χ1n) is 4.83. The maximum Gasteiger partial charge on any atom is 0.356 e. The zero-order valence-electron chi connectivity index (χ0n) is 8.89. The van der Waals surface area contributed by atoms with Crippen LogP contribution in [-0.2, 0) is 0 Å². The molecule has 2 rings (SSSR count). The lowest BCUT2D eigenvalue weighted by molar-refractivity contribution is 0.0690. The van der Waals surface area contributed by atoms with Crippen LogP contribution in [0.2, 0.25) is 5.02 Å². The van der Waals surface area contributed by atoms with Crippen molar-refractivity contribution in [2.24, 2.45) is 0 Å². The minimum absolute atomic E-state index is 0.122. The molecule has 0 fully saturated rings. The smallest absolute Gasteiger partial charge is 0.356 e. The fraction of sp³-hybridized carbons (Fsp3) is 0. The first-order chi connectivity index (χ1) is 8.56. The standard InChI is InChI=1S/C11H7BrClN3O2/c12-7-2-1-6(3-8(7)13)15-10-5-14-4-9(16-10)11(17)18/h1-5H,(H,15,16)(H,17,18). The number of anilines is 2. The second-order valence-corrected chi connectivity index (χ2v) is 4.61. The van der Waals surface area contributed by atoms with Gasteiger partial charge in [-0.15, -0.1) is 0 Å². The van der Waals surface area contributed by atoms with E-state index in [0.717, 1.165) is 4.47 Å². The number of aromatic carboxylic acids is 1. The van der Waals surface area contributed by atoms with Gasteiger partial charge in [-0.2, -0.15) is 0 Å². The van der Waals surface area contributed by atoms with Crippen LogP contribution >= 0.6 is 27.5 Å². The molecule has 0 spiro atoms. The molecule has 0 saturated heterocycles. The van der Waals surface area contributed by atoms with Crippen molar-refractivity contribution < 1.29 is 9.90 Å². The molecular weight excluding hydrogens is 321 g/mol. The highest BCUT2D eigenvalue weighted by molar-refractivity contribution is 9.10. The zero-order valence-corrected chi connectivity index (χ0v) is 11.2. The Labute approximate surface area is 116 Å². The molecule has 0 bridgehead atoms. The molecule has 0 unspecified atom stereocenters. The van der Waals surface area contributed by atoms with Gasteiger partial charge in [0.25, 0.3) is 0 Å². The van der Waals surface area contributed by atoms with Crippen molar-refractivity contribution in [3.05, 3.63) is 45.8 Å². The molecule has 2 N–H and O–H groups in total. The second kappa shape index (κ2) is 5.32. The van der Waals surface area contributed by atoms with Gasteiger partial charge in [0, 0.05) is 10.2 Å². The highest BCUT2D eigenvalue weighted by Gasteiger charge is 2.06. The number of hydrogen-bond donors (Lipinski definition) is 2. The monoisotopic (exact) mass is 327 g/mol. The summed E-state index contributed by atoms with van der Waals surface area (Å²) in [6.07, 6.45) is 2.62. The number of benzene rings is 1. The normalized spacial score (nSPS) is 10.1. The summed E-state index contributed by atoms with van der Waals surface area (Å²) < 4.78 is 0.778. The number of carboxylic acid groups (broad SMARTS) is 1. The number of nitrogens with one attached hydrogen (secondary N) is 1. The minimum Gasteiger partial charge on any atom is -0.476 e. The van der Waals surface area contributed by atoms with Crippen LogP contribution in [0.3, 0.4) is 0 Å². The van der Waals surface area contributed by atoms with Gasteiger partial charge in [0.15, 0.2) is 5.69 Å². The molecule has 0 atom stereocenters. The molecular formula is C11H7BrClN3O2. The third-order valence-electron chi connectivity index (χ3n) is 2.05. The molecule has 2 aromatic rings. The van der Waals surface area contributed by atoms with E-state index in [0.29, 0.717) is 16.5 Å². The fourth-order valence-electron chi connectivity index (χ4n) is 1.25. The molecule has 7 heteroatoms. The summed E-state index contributed by atoms with van der Waals surface area (Å²) in [7, 11) is 0. The molecule has 0 radical (unpaired) electrons. The Bertz CT molecular complexity index is 607. The number of halogens is 2. The molecule has 0 saturated carbocycles. The van der Waals surface area contributed by atoms with Crippen molar-refractivity contribution in [3.8, 4) is 0 Å². The highest BCUT2D eigenvalue weighted by atomic mass is 79.9. The van der Waals surface area contributed by atoms with Gasteiger partial charge in [0.2, 0.25) is 0 Å². The Morgan fingerprint density at radius 3 is 2.83 bits per heavy atom. The van der Waals surface area contributed by atoms with E-state index in [4.69, 9.17) is 16.7 Å². The first-order valence-corrected chi connectivity index (χ1v) is 6.01. The summed E-state index contributed by atoms with van der Waals surface area (Å²) >= 11 is 9.22. The van der Waals surface area contributed by atoms with E-state index >= 15 is 0 Å². The van der Waals surface area contributed by atoms with E-state index in [1.165, 1.54) is 12.4 Å². The van der Waals surface area contributed by atoms with E-state index in [1.807, 2.05) is 0 Å². The lowest BCUT2D eigenvalue weighted by Crippen LogP contribution is -2.03. The van der Waals surface area contributed by atoms with E-state index in [1.54, 1.807) is 18.2 Å². The number of carbonyl (C=O) groups is 1. The number of rotatable bonds is 3. The number of hydrogen-bond acceptors (Lipinski definition) is 4. The van der Waals surface area contributed by atoms with E-state index in [9.17, 15) is 4.79 Å². The molecule has 92 valence electrons. The number of carboxylic acids is 1. The Balaban J connectivity index is 2.25. The third-order valence-corrected chi connectivity index (χ3v) is 3.28. The van der Waals surface area contributed by atoms with Crippen LogP contribution in [0.25, 0.3) is 0 Å². The molecule has 0 aliphatic carbocycles. The van der Waals surface area contributed by atoms with Crippen LogP contribution in [0.4, 0.5) is 11.5 Å². The predicted molar refractivity (Wildman–Crippen MR) is 71.4 cm³/mol. The van der Waals surface area contributed by atoms with Gasteiger partial charge in [-0.3, -0.25) is 4.98 Å². The van der Waals surface area contributed by atoms with Gasteiger partial charge in [-0.25, -0.2) is 9.78 Å². The van der Waals surface area contributed by atoms with Crippen LogP contribution in [0, 0.1) is 0 Å². The predicted octanol–water partition coefficient (Wildman–Crippen LogP) is 3.33. The summed E-state index contributed by atoms with van der Waals surface area (Å²) in [5.74, 6) is -0.784. The Morgan fingerprint density at radius 1 is 1.39 bits per heavy atom. The molecule has 1 heterocycles. The van der Waals surface area contributed by atoms with E-state index in [-0.39, 0.29) is 5.69 Å². The number of nitrogens with zero attached hydrogens (tertiary/aromatic N) is 2. The molecule has 5 nitrogen and oxygen atoms in total. The lowest BCUT2D eigenvalue weighted by Gasteiger charge is -2.06. The van der Waals surface area contributed by atoms with Gasteiger partial charge in [0.1, 0.15) is 5.82 Å². The minimum atomic E-state index is -1.13. The quantitative estimate of drug-likeness (QED) is 0.904. The lowest BCUT2D eigenvalue weighted by atomic mass is 10.3. The molecule has 0 aliphatic rings. The molecule has 18 heavy (non-hydrogen) atoms. The Kier molecular flexibility index (Phi) is 3.78. The van der Waals surface area contributed by atoms with Crippen molar-refractivity contribution in [1.29, 1.82) is 0 Å². The van der Waals surface area contributed by atoms with Gasteiger partial charge in [0.05, 0.1) is 17.4 Å². The first kappa shape index (κ1) is 12.8. The van der Waals surface area contributed by atoms with E-state index < -0.39 is 5.97 Å². The highest BCUT2D eigenvalue weighted by Crippen LogP contribution is 2.26. The van der Waals surface area contributed by atoms with Crippen LogP contribution in [-0.4, -0.2) is 21.0 Å². The van der Waals surface area contributed by atoms with Crippen molar-refractivity contribution in [3.63, 3.8) is 0 Å². The third kappa shape index (κ3) is 2.96. The van der Waals surface area contributed by atoms with Gasteiger partial charge < -0.3 is 10.4 Å². The van der Waals surface area contributed by atoms with Gasteiger partial charge in [-0.1, -0.05) is 11.6 Å². The maximum atomic E-state index is 10.7. The average Bonchev–Trinajstić information content (AvgIpc) is 2.34. The summed E-state index contributed by atoms with van der Waals surface area (Å²) in [6.45, 7) is 0. The molecule has 1 aromatic heterocycles. The van der Waals surface area contributed by atoms with Gasteiger partial charge in [-0.05, 0) is 34.1 Å². The van der Waals surface area contributed by atoms with Crippen LogP contribution in [0.15, 0.2) is 35.1 Å². The molecule has 1 aromatic carbocycles. The van der Waals surface area contributed by atoms with Crippen LogP contribution in [0.1, 0.15) is 10.5 Å². The van der Waals surface area contributed by atoms with Crippen LogP contribution in [0.5, 0.6) is 0 Å². The van der Waals surface area contributed by atoms with Crippen LogP contribution < -0.4 is 5.32 Å². The largest absolute Gasteiger partial charge is 0.476 e. The summed E-state index contributed by atoms with van der Waals surface area (Å²) in [5.41, 5.74) is 0.572. The zero-order chi connectivity index (χ0) is 13.1. The summed E-state index contributed by atoms with van der Waals surface area (Å²) in [4.78, 5) is 18.4. The topological polar surface area (TPSA) is 75.1 Å². The van der Waals surface area contributed by atoms with E-state index in [2.05, 4.69) is 31.2 Å².